The molecule has 0 aliphatic carbocycles. The predicted molar refractivity (Wildman–Crippen MR) is 71.8 cm³/mol. The molecule has 0 bridgehead atoms. The first-order valence-electron chi connectivity index (χ1n) is 6.72. The van der Waals surface area contributed by atoms with Gasteiger partial charge >= 0.3 is 5.97 Å². The summed E-state index contributed by atoms with van der Waals surface area (Å²) in [6.45, 7) is 5.64. The van der Waals surface area contributed by atoms with Gasteiger partial charge in [-0.1, -0.05) is 19.1 Å². The zero-order valence-corrected chi connectivity index (χ0v) is 11.1. The van der Waals surface area contributed by atoms with E-state index in [2.05, 4.69) is 18.7 Å². The molecule has 0 radical (unpaired) electrons. The van der Waals surface area contributed by atoms with Crippen molar-refractivity contribution in [2.75, 3.05) is 6.54 Å². The largest absolute Gasteiger partial charge is 0.478 e. The minimum Gasteiger partial charge on any atom is -0.478 e. The summed E-state index contributed by atoms with van der Waals surface area (Å²) in [5.74, 6) is -0.855. The topological polar surface area (TPSA) is 40.5 Å². The van der Waals surface area contributed by atoms with Crippen LogP contribution in [0.15, 0.2) is 24.3 Å². The molecule has 98 valence electrons. The number of nitrogens with zero attached hydrogens (tertiary/aromatic N) is 1. The average molecular weight is 247 g/mol. The molecule has 1 N–H and O–H groups in total. The Kier molecular flexibility index (Phi) is 4.02. The van der Waals surface area contributed by atoms with Crippen LogP contribution in [0.2, 0.25) is 0 Å². The Hall–Kier alpha value is -1.35. The van der Waals surface area contributed by atoms with Gasteiger partial charge in [-0.2, -0.15) is 0 Å². The highest BCUT2D eigenvalue weighted by molar-refractivity contribution is 5.87. The molecule has 0 amide bonds. The molecule has 0 aromatic heterocycles. The quantitative estimate of drug-likeness (QED) is 0.887. The second-order valence-corrected chi connectivity index (χ2v) is 5.08. The van der Waals surface area contributed by atoms with Crippen molar-refractivity contribution in [3.63, 3.8) is 0 Å². The number of aromatic carboxylic acids is 1. The van der Waals surface area contributed by atoms with Gasteiger partial charge in [0.25, 0.3) is 0 Å². The van der Waals surface area contributed by atoms with Crippen molar-refractivity contribution in [1.82, 2.24) is 4.90 Å². The Morgan fingerprint density at radius 2 is 2.11 bits per heavy atom. The van der Waals surface area contributed by atoms with Gasteiger partial charge in [0.1, 0.15) is 0 Å². The summed E-state index contributed by atoms with van der Waals surface area (Å²) in [5.41, 5.74) is 1.62. The zero-order valence-electron chi connectivity index (χ0n) is 11.1. The van der Waals surface area contributed by atoms with Crippen LogP contribution >= 0.6 is 0 Å². The molecule has 0 saturated carbocycles. The number of hydrogen-bond acceptors (Lipinski definition) is 2. The van der Waals surface area contributed by atoms with Crippen LogP contribution < -0.4 is 0 Å². The molecule has 1 heterocycles. The van der Waals surface area contributed by atoms with Crippen LogP contribution in [-0.4, -0.2) is 28.6 Å². The van der Waals surface area contributed by atoms with Gasteiger partial charge in [-0.15, -0.1) is 0 Å². The third-order valence-corrected chi connectivity index (χ3v) is 3.99. The van der Waals surface area contributed by atoms with Crippen molar-refractivity contribution < 1.29 is 9.90 Å². The highest BCUT2D eigenvalue weighted by Crippen LogP contribution is 2.34. The molecule has 1 aliphatic rings. The standard InChI is InChI=1S/C15H21NO2/c1-3-11(2)16-10-4-5-14(16)12-6-8-13(9-7-12)15(17)18/h6-9,11,14H,3-5,10H2,1-2H3,(H,17,18). The maximum Gasteiger partial charge on any atom is 0.335 e. The molecule has 18 heavy (non-hydrogen) atoms. The van der Waals surface area contributed by atoms with Gasteiger partial charge in [-0.05, 0) is 50.4 Å². The van der Waals surface area contributed by atoms with E-state index in [0.717, 1.165) is 13.0 Å². The molecule has 1 aromatic carbocycles. The molecule has 2 unspecified atom stereocenters. The normalized spacial score (nSPS) is 22.0. The first-order chi connectivity index (χ1) is 8.63. The molecule has 3 heteroatoms. The summed E-state index contributed by atoms with van der Waals surface area (Å²) < 4.78 is 0. The number of carboxylic acids is 1. The van der Waals surface area contributed by atoms with Crippen LogP contribution in [0.5, 0.6) is 0 Å². The lowest BCUT2D eigenvalue weighted by molar-refractivity contribution is 0.0697. The van der Waals surface area contributed by atoms with Crippen molar-refractivity contribution in [1.29, 1.82) is 0 Å². The van der Waals surface area contributed by atoms with Crippen LogP contribution in [0, 0.1) is 0 Å². The van der Waals surface area contributed by atoms with Crippen LogP contribution in [0.1, 0.15) is 55.1 Å². The van der Waals surface area contributed by atoms with E-state index in [4.69, 9.17) is 5.11 Å². The summed E-state index contributed by atoms with van der Waals surface area (Å²) >= 11 is 0. The molecule has 2 atom stereocenters. The lowest BCUT2D eigenvalue weighted by Crippen LogP contribution is -2.32. The zero-order chi connectivity index (χ0) is 13.1. The molecule has 3 nitrogen and oxygen atoms in total. The summed E-state index contributed by atoms with van der Waals surface area (Å²) in [6.07, 6.45) is 3.57. The molecule has 0 spiro atoms. The lowest BCUT2D eigenvalue weighted by atomic mass is 10.0. The number of carboxylic acid groups (broad SMARTS) is 1. The van der Waals surface area contributed by atoms with E-state index >= 15 is 0 Å². The molecule has 1 saturated heterocycles. The van der Waals surface area contributed by atoms with Gasteiger partial charge in [0.15, 0.2) is 0 Å². The average Bonchev–Trinajstić information content (AvgIpc) is 2.87. The third kappa shape index (κ3) is 2.56. The summed E-state index contributed by atoms with van der Waals surface area (Å²) in [6, 6.07) is 8.42. The Balaban J connectivity index is 2.17. The van der Waals surface area contributed by atoms with E-state index in [1.165, 1.54) is 18.4 Å². The van der Waals surface area contributed by atoms with Crippen molar-refractivity contribution >= 4 is 5.97 Å². The summed E-state index contributed by atoms with van der Waals surface area (Å²) in [7, 11) is 0. The molecule has 1 fully saturated rings. The van der Waals surface area contributed by atoms with E-state index in [0.29, 0.717) is 17.6 Å². The number of hydrogen-bond donors (Lipinski definition) is 1. The van der Waals surface area contributed by atoms with Crippen LogP contribution in [-0.2, 0) is 0 Å². The highest BCUT2D eigenvalue weighted by atomic mass is 16.4. The predicted octanol–water partition coefficient (Wildman–Crippen LogP) is 3.32. The maximum atomic E-state index is 10.8. The van der Waals surface area contributed by atoms with Gasteiger partial charge in [-0.3, -0.25) is 4.90 Å². The Bertz CT molecular complexity index is 413. The Labute approximate surface area is 108 Å². The van der Waals surface area contributed by atoms with Crippen LogP contribution in [0.25, 0.3) is 0 Å². The Morgan fingerprint density at radius 3 is 2.67 bits per heavy atom. The number of likely N-dealkylation sites (tertiary alicyclic amines) is 1. The second-order valence-electron chi connectivity index (χ2n) is 5.08. The van der Waals surface area contributed by atoms with Gasteiger partial charge in [0, 0.05) is 12.1 Å². The van der Waals surface area contributed by atoms with E-state index in [9.17, 15) is 4.79 Å². The lowest BCUT2D eigenvalue weighted by Gasteiger charge is -2.30. The second kappa shape index (κ2) is 5.53. The van der Waals surface area contributed by atoms with E-state index in [1.807, 2.05) is 12.1 Å². The van der Waals surface area contributed by atoms with Crippen LogP contribution in [0.4, 0.5) is 0 Å². The molecule has 2 rings (SSSR count). The van der Waals surface area contributed by atoms with Gasteiger partial charge in [0.05, 0.1) is 5.56 Å². The first kappa shape index (κ1) is 13.1. The van der Waals surface area contributed by atoms with E-state index < -0.39 is 5.97 Å². The minimum atomic E-state index is -0.855. The summed E-state index contributed by atoms with van der Waals surface area (Å²) in [4.78, 5) is 13.4. The molecular formula is C15H21NO2. The molecule has 1 aromatic rings. The number of benzene rings is 1. The van der Waals surface area contributed by atoms with Gasteiger partial charge in [0.2, 0.25) is 0 Å². The van der Waals surface area contributed by atoms with Crippen molar-refractivity contribution in [3.05, 3.63) is 35.4 Å². The fraction of sp³-hybridized carbons (Fsp3) is 0.533. The SMILES string of the molecule is CCC(C)N1CCCC1c1ccc(C(=O)O)cc1. The highest BCUT2D eigenvalue weighted by Gasteiger charge is 2.28. The van der Waals surface area contributed by atoms with Crippen molar-refractivity contribution in [2.45, 2.75) is 45.2 Å². The molecule has 1 aliphatic heterocycles. The van der Waals surface area contributed by atoms with Gasteiger partial charge < -0.3 is 5.11 Å². The number of rotatable bonds is 4. The first-order valence-corrected chi connectivity index (χ1v) is 6.72. The summed E-state index contributed by atoms with van der Waals surface area (Å²) in [5, 5.41) is 8.91. The van der Waals surface area contributed by atoms with Crippen molar-refractivity contribution in [3.8, 4) is 0 Å². The smallest absolute Gasteiger partial charge is 0.335 e. The van der Waals surface area contributed by atoms with E-state index in [1.54, 1.807) is 12.1 Å². The Morgan fingerprint density at radius 1 is 1.44 bits per heavy atom. The fourth-order valence-electron chi connectivity index (χ4n) is 2.76. The monoisotopic (exact) mass is 247 g/mol. The van der Waals surface area contributed by atoms with Crippen molar-refractivity contribution in [2.24, 2.45) is 0 Å². The van der Waals surface area contributed by atoms with Crippen LogP contribution in [0.3, 0.4) is 0 Å². The minimum absolute atomic E-state index is 0.367. The van der Waals surface area contributed by atoms with E-state index in [-0.39, 0.29) is 0 Å². The fourth-order valence-corrected chi connectivity index (χ4v) is 2.76. The molecular weight excluding hydrogens is 226 g/mol. The number of carbonyl (C=O) groups is 1. The third-order valence-electron chi connectivity index (χ3n) is 3.99. The van der Waals surface area contributed by atoms with Gasteiger partial charge in [-0.25, -0.2) is 4.79 Å². The maximum absolute atomic E-state index is 10.8.